The molecule has 1 aromatic heterocycles. The summed E-state index contributed by atoms with van der Waals surface area (Å²) in [5, 5.41) is 11.4. The minimum Gasteiger partial charge on any atom is -0.506 e. The number of carbonyl (C=O) groups is 2. The number of carbonyl (C=O) groups excluding carboxylic acids is 2. The van der Waals surface area contributed by atoms with Crippen LogP contribution in [0.25, 0.3) is 5.76 Å². The molecule has 2 aliphatic rings. The van der Waals surface area contributed by atoms with Crippen molar-refractivity contribution < 1.29 is 33.6 Å². The van der Waals surface area contributed by atoms with Gasteiger partial charge >= 0.3 is 0 Å². The van der Waals surface area contributed by atoms with Gasteiger partial charge in [-0.2, -0.15) is 0 Å². The SMILES string of the molecule is COc1cccc(OC)c1/C(O)=C1\C(=O)C(=O)N(c2ccc3c(c2)OCO3)C1c1cccnc1. The highest BCUT2D eigenvalue weighted by atomic mass is 16.7. The van der Waals surface area contributed by atoms with Crippen LogP contribution in [0.3, 0.4) is 0 Å². The molecule has 0 spiro atoms. The van der Waals surface area contributed by atoms with Gasteiger partial charge < -0.3 is 24.1 Å². The Morgan fingerprint density at radius 2 is 1.76 bits per heavy atom. The molecule has 2 aliphatic heterocycles. The number of aliphatic hydroxyl groups excluding tert-OH is 1. The van der Waals surface area contributed by atoms with E-state index in [0.717, 1.165) is 0 Å². The monoisotopic (exact) mass is 460 g/mol. The quantitative estimate of drug-likeness (QED) is 0.351. The third-order valence-corrected chi connectivity index (χ3v) is 5.74. The number of hydrogen-bond donors (Lipinski definition) is 1. The fourth-order valence-corrected chi connectivity index (χ4v) is 4.21. The Bertz CT molecular complexity index is 1300. The molecule has 34 heavy (non-hydrogen) atoms. The highest BCUT2D eigenvalue weighted by Crippen LogP contribution is 2.46. The normalized spacial score (nSPS) is 18.3. The number of ketones is 1. The summed E-state index contributed by atoms with van der Waals surface area (Å²) < 4.78 is 21.6. The summed E-state index contributed by atoms with van der Waals surface area (Å²) in [7, 11) is 2.88. The largest absolute Gasteiger partial charge is 0.506 e. The maximum atomic E-state index is 13.4. The molecule has 0 aliphatic carbocycles. The molecular weight excluding hydrogens is 440 g/mol. The van der Waals surface area contributed by atoms with Crippen LogP contribution in [0.15, 0.2) is 66.5 Å². The van der Waals surface area contributed by atoms with Gasteiger partial charge in [0, 0.05) is 24.1 Å². The first-order chi connectivity index (χ1) is 16.5. The summed E-state index contributed by atoms with van der Waals surface area (Å²) >= 11 is 0. The second kappa shape index (κ2) is 8.43. The van der Waals surface area contributed by atoms with Gasteiger partial charge in [0.05, 0.1) is 25.8 Å². The minimum absolute atomic E-state index is 0.0667. The van der Waals surface area contributed by atoms with E-state index in [0.29, 0.717) is 22.7 Å². The molecule has 1 fully saturated rings. The number of aromatic nitrogens is 1. The molecule has 9 heteroatoms. The number of hydrogen-bond acceptors (Lipinski definition) is 8. The van der Waals surface area contributed by atoms with Crippen LogP contribution >= 0.6 is 0 Å². The molecule has 172 valence electrons. The predicted octanol–water partition coefficient (Wildman–Crippen LogP) is 3.45. The number of fused-ring (bicyclic) bond motifs is 1. The molecular formula is C25H20N2O7. The van der Waals surface area contributed by atoms with Gasteiger partial charge in [-0.05, 0) is 35.9 Å². The van der Waals surface area contributed by atoms with Gasteiger partial charge in [-0.1, -0.05) is 12.1 Å². The third kappa shape index (κ3) is 3.29. The number of methoxy groups -OCH3 is 2. The summed E-state index contributed by atoms with van der Waals surface area (Å²) in [5.41, 5.74) is 1.00. The fraction of sp³-hybridized carbons (Fsp3) is 0.160. The first-order valence-corrected chi connectivity index (χ1v) is 10.4. The smallest absolute Gasteiger partial charge is 0.300 e. The number of nitrogens with zero attached hydrogens (tertiary/aromatic N) is 2. The van der Waals surface area contributed by atoms with Crippen molar-refractivity contribution in [2.45, 2.75) is 6.04 Å². The van der Waals surface area contributed by atoms with E-state index in [-0.39, 0.29) is 29.4 Å². The Kier molecular flexibility index (Phi) is 5.29. The number of rotatable bonds is 5. The number of pyridine rings is 1. The molecule has 0 radical (unpaired) electrons. The predicted molar refractivity (Wildman–Crippen MR) is 121 cm³/mol. The van der Waals surface area contributed by atoms with Crippen molar-refractivity contribution in [2.75, 3.05) is 25.9 Å². The molecule has 9 nitrogen and oxygen atoms in total. The van der Waals surface area contributed by atoms with E-state index in [4.69, 9.17) is 18.9 Å². The lowest BCUT2D eigenvalue weighted by molar-refractivity contribution is -0.132. The average molecular weight is 460 g/mol. The van der Waals surface area contributed by atoms with E-state index in [1.807, 2.05) is 0 Å². The number of benzene rings is 2. The minimum atomic E-state index is -0.955. The first-order valence-electron chi connectivity index (χ1n) is 10.4. The molecule has 1 N–H and O–H groups in total. The zero-order chi connectivity index (χ0) is 23.8. The molecule has 1 unspecified atom stereocenters. The summed E-state index contributed by atoms with van der Waals surface area (Å²) in [4.78, 5) is 32.1. The highest BCUT2D eigenvalue weighted by Gasteiger charge is 2.48. The lowest BCUT2D eigenvalue weighted by atomic mass is 9.95. The van der Waals surface area contributed by atoms with Crippen LogP contribution in [0, 0.1) is 0 Å². The van der Waals surface area contributed by atoms with Gasteiger partial charge in [0.25, 0.3) is 11.7 Å². The van der Waals surface area contributed by atoms with Crippen molar-refractivity contribution in [1.82, 2.24) is 4.98 Å². The maximum Gasteiger partial charge on any atom is 0.300 e. The number of ether oxygens (including phenoxy) is 4. The lowest BCUT2D eigenvalue weighted by Gasteiger charge is -2.25. The second-order valence-electron chi connectivity index (χ2n) is 7.53. The van der Waals surface area contributed by atoms with E-state index in [1.165, 1.54) is 19.1 Å². The molecule has 1 saturated heterocycles. The zero-order valence-corrected chi connectivity index (χ0v) is 18.3. The Balaban J connectivity index is 1.75. The number of Topliss-reactive ketones (excluding diaryl/α,β-unsaturated/α-hetero) is 1. The van der Waals surface area contributed by atoms with Crippen molar-refractivity contribution in [1.29, 1.82) is 0 Å². The lowest BCUT2D eigenvalue weighted by Crippen LogP contribution is -2.29. The van der Waals surface area contributed by atoms with Gasteiger partial charge in [0.1, 0.15) is 22.8 Å². The van der Waals surface area contributed by atoms with Gasteiger partial charge in [-0.25, -0.2) is 0 Å². The van der Waals surface area contributed by atoms with E-state index in [1.54, 1.807) is 60.9 Å². The molecule has 2 aromatic carbocycles. The van der Waals surface area contributed by atoms with Crippen LogP contribution in [0.2, 0.25) is 0 Å². The van der Waals surface area contributed by atoms with Crippen LogP contribution < -0.4 is 23.8 Å². The topological polar surface area (TPSA) is 107 Å². The van der Waals surface area contributed by atoms with E-state index >= 15 is 0 Å². The van der Waals surface area contributed by atoms with Crippen molar-refractivity contribution in [3.8, 4) is 23.0 Å². The van der Waals surface area contributed by atoms with Gasteiger partial charge in [-0.3, -0.25) is 19.5 Å². The van der Waals surface area contributed by atoms with Crippen molar-refractivity contribution in [2.24, 2.45) is 0 Å². The van der Waals surface area contributed by atoms with Crippen molar-refractivity contribution in [3.05, 3.63) is 77.6 Å². The molecule has 3 heterocycles. The summed E-state index contributed by atoms with van der Waals surface area (Å²) in [6.45, 7) is 0.0667. The molecule has 3 aromatic rings. The fourth-order valence-electron chi connectivity index (χ4n) is 4.21. The van der Waals surface area contributed by atoms with E-state index in [9.17, 15) is 14.7 Å². The second-order valence-corrected chi connectivity index (χ2v) is 7.53. The van der Waals surface area contributed by atoms with Crippen LogP contribution in [-0.4, -0.2) is 42.8 Å². The van der Waals surface area contributed by atoms with Crippen LogP contribution in [-0.2, 0) is 9.59 Å². The molecule has 0 saturated carbocycles. The standard InChI is InChI=1S/C25H20N2O7/c1-31-17-6-3-7-18(32-2)20(17)23(28)21-22(14-5-4-10-26-12-14)27(25(30)24(21)29)15-8-9-16-19(11-15)34-13-33-16/h3-12,22,28H,13H2,1-2H3/b23-21+. The average Bonchev–Trinajstić information content (AvgIpc) is 3.45. The van der Waals surface area contributed by atoms with E-state index in [2.05, 4.69) is 4.98 Å². The van der Waals surface area contributed by atoms with Crippen molar-refractivity contribution in [3.63, 3.8) is 0 Å². The summed E-state index contributed by atoms with van der Waals surface area (Å²) in [5.74, 6) is -0.496. The maximum absolute atomic E-state index is 13.4. The Morgan fingerprint density at radius 3 is 2.44 bits per heavy atom. The zero-order valence-electron chi connectivity index (χ0n) is 18.3. The third-order valence-electron chi connectivity index (χ3n) is 5.74. The first kappa shape index (κ1) is 21.3. The van der Waals surface area contributed by atoms with Crippen LogP contribution in [0.5, 0.6) is 23.0 Å². The summed E-state index contributed by atoms with van der Waals surface area (Å²) in [6.07, 6.45) is 3.13. The van der Waals surface area contributed by atoms with Crippen LogP contribution in [0.4, 0.5) is 5.69 Å². The Labute approximate surface area is 194 Å². The van der Waals surface area contributed by atoms with Crippen LogP contribution in [0.1, 0.15) is 17.2 Å². The van der Waals surface area contributed by atoms with Gasteiger partial charge in [0.2, 0.25) is 6.79 Å². The van der Waals surface area contributed by atoms with Crippen molar-refractivity contribution >= 4 is 23.1 Å². The summed E-state index contributed by atoms with van der Waals surface area (Å²) in [6, 6.07) is 12.4. The number of amides is 1. The molecule has 0 bridgehead atoms. The van der Waals surface area contributed by atoms with E-state index < -0.39 is 23.5 Å². The Hall–Kier alpha value is -4.53. The Morgan fingerprint density at radius 1 is 1.03 bits per heavy atom. The molecule has 1 amide bonds. The van der Waals surface area contributed by atoms with Gasteiger partial charge in [0.15, 0.2) is 11.5 Å². The molecule has 1 atom stereocenters. The molecule has 5 rings (SSSR count). The van der Waals surface area contributed by atoms with Gasteiger partial charge in [-0.15, -0.1) is 0 Å². The number of aliphatic hydroxyl groups is 1. The highest BCUT2D eigenvalue weighted by molar-refractivity contribution is 6.51. The number of anilines is 1.